The summed E-state index contributed by atoms with van der Waals surface area (Å²) in [5, 5.41) is 15.0. The first-order valence-electron chi connectivity index (χ1n) is 8.01. The standard InChI is InChI=1S/C17H24N2O4/c1-3-11(4-2)17(22)18-13-7-5-12(6-8-13)16-14(9-20)19-15(21)10-23-16/h5-8,11,14,16,20H,3-4,9-10H2,1-2H3,(H,18,22)(H,19,21). The second-order valence-corrected chi connectivity index (χ2v) is 5.71. The minimum Gasteiger partial charge on any atom is -0.394 e. The Kier molecular flexibility index (Phi) is 6.12. The number of anilines is 1. The molecule has 6 nitrogen and oxygen atoms in total. The second kappa shape index (κ2) is 8.08. The van der Waals surface area contributed by atoms with Crippen LogP contribution in [0.2, 0.25) is 0 Å². The maximum absolute atomic E-state index is 12.1. The van der Waals surface area contributed by atoms with Gasteiger partial charge in [-0.25, -0.2) is 0 Å². The Labute approximate surface area is 136 Å². The number of aliphatic hydroxyl groups excluding tert-OH is 1. The van der Waals surface area contributed by atoms with Gasteiger partial charge in [0.2, 0.25) is 11.8 Å². The maximum Gasteiger partial charge on any atom is 0.246 e. The monoisotopic (exact) mass is 320 g/mol. The minimum atomic E-state index is -0.457. The molecule has 0 aromatic heterocycles. The fraction of sp³-hybridized carbons (Fsp3) is 0.529. The van der Waals surface area contributed by atoms with Gasteiger partial charge in [-0.05, 0) is 30.5 Å². The van der Waals surface area contributed by atoms with Gasteiger partial charge in [0.05, 0.1) is 12.6 Å². The molecule has 1 fully saturated rings. The molecule has 0 spiro atoms. The van der Waals surface area contributed by atoms with Crippen LogP contribution in [0.5, 0.6) is 0 Å². The number of morpholine rings is 1. The van der Waals surface area contributed by atoms with E-state index in [0.717, 1.165) is 24.1 Å². The summed E-state index contributed by atoms with van der Waals surface area (Å²) in [6.07, 6.45) is 1.24. The number of carbonyl (C=O) groups is 2. The Bertz CT molecular complexity index is 540. The van der Waals surface area contributed by atoms with Crippen LogP contribution in [0.1, 0.15) is 38.4 Å². The number of benzene rings is 1. The number of rotatable bonds is 6. The predicted molar refractivity (Wildman–Crippen MR) is 86.9 cm³/mol. The SMILES string of the molecule is CCC(CC)C(=O)Nc1ccc(C2OCC(=O)NC2CO)cc1. The van der Waals surface area contributed by atoms with E-state index in [1.807, 2.05) is 38.1 Å². The van der Waals surface area contributed by atoms with E-state index in [-0.39, 0.29) is 37.0 Å². The molecule has 126 valence electrons. The van der Waals surface area contributed by atoms with Gasteiger partial charge in [0.15, 0.2) is 0 Å². The molecule has 2 unspecified atom stereocenters. The highest BCUT2D eigenvalue weighted by atomic mass is 16.5. The van der Waals surface area contributed by atoms with Crippen molar-refractivity contribution in [3.63, 3.8) is 0 Å². The average Bonchev–Trinajstić information content (AvgIpc) is 2.56. The number of ether oxygens (including phenoxy) is 1. The highest BCUT2D eigenvalue weighted by Gasteiger charge is 2.30. The molecule has 2 atom stereocenters. The van der Waals surface area contributed by atoms with Crippen LogP contribution in [0.3, 0.4) is 0 Å². The molecule has 0 aliphatic carbocycles. The first kappa shape index (κ1) is 17.4. The molecule has 2 rings (SSSR count). The molecule has 1 aromatic rings. The molecule has 2 amide bonds. The lowest BCUT2D eigenvalue weighted by Gasteiger charge is -2.31. The third-order valence-corrected chi connectivity index (χ3v) is 4.17. The van der Waals surface area contributed by atoms with Crippen LogP contribution in [-0.2, 0) is 14.3 Å². The summed E-state index contributed by atoms with van der Waals surface area (Å²) in [7, 11) is 0. The van der Waals surface area contributed by atoms with Gasteiger partial charge in [-0.1, -0.05) is 26.0 Å². The number of hydrogen-bond donors (Lipinski definition) is 3. The van der Waals surface area contributed by atoms with E-state index in [4.69, 9.17) is 4.74 Å². The number of amides is 2. The third kappa shape index (κ3) is 4.30. The smallest absolute Gasteiger partial charge is 0.246 e. The topological polar surface area (TPSA) is 87.7 Å². The largest absolute Gasteiger partial charge is 0.394 e. The van der Waals surface area contributed by atoms with Crippen molar-refractivity contribution < 1.29 is 19.4 Å². The first-order chi connectivity index (χ1) is 11.1. The Morgan fingerprint density at radius 3 is 2.57 bits per heavy atom. The van der Waals surface area contributed by atoms with Gasteiger partial charge < -0.3 is 20.5 Å². The normalized spacial score (nSPS) is 21.1. The number of aliphatic hydroxyl groups is 1. The second-order valence-electron chi connectivity index (χ2n) is 5.71. The van der Waals surface area contributed by atoms with Gasteiger partial charge >= 0.3 is 0 Å². The Balaban J connectivity index is 2.04. The fourth-order valence-corrected chi connectivity index (χ4v) is 2.74. The van der Waals surface area contributed by atoms with E-state index < -0.39 is 6.04 Å². The van der Waals surface area contributed by atoms with Gasteiger partial charge in [0, 0.05) is 11.6 Å². The molecule has 1 aliphatic heterocycles. The van der Waals surface area contributed by atoms with Gasteiger partial charge in [0.25, 0.3) is 0 Å². The van der Waals surface area contributed by atoms with Crippen molar-refractivity contribution in [2.24, 2.45) is 5.92 Å². The molecule has 0 bridgehead atoms. The number of hydrogen-bond acceptors (Lipinski definition) is 4. The predicted octanol–water partition coefficient (Wildman–Crippen LogP) is 1.61. The van der Waals surface area contributed by atoms with Crippen molar-refractivity contribution in [2.75, 3.05) is 18.5 Å². The van der Waals surface area contributed by atoms with E-state index in [0.29, 0.717) is 0 Å². The summed E-state index contributed by atoms with van der Waals surface area (Å²) >= 11 is 0. The molecule has 1 aromatic carbocycles. The van der Waals surface area contributed by atoms with E-state index in [9.17, 15) is 14.7 Å². The van der Waals surface area contributed by atoms with Crippen molar-refractivity contribution in [3.8, 4) is 0 Å². The van der Waals surface area contributed by atoms with Crippen molar-refractivity contribution >= 4 is 17.5 Å². The molecule has 1 saturated heterocycles. The van der Waals surface area contributed by atoms with E-state index in [1.165, 1.54) is 0 Å². The summed E-state index contributed by atoms with van der Waals surface area (Å²) in [5.41, 5.74) is 1.58. The molecule has 23 heavy (non-hydrogen) atoms. The van der Waals surface area contributed by atoms with Gasteiger partial charge in [0.1, 0.15) is 12.7 Å². The van der Waals surface area contributed by atoms with Crippen LogP contribution in [0.15, 0.2) is 24.3 Å². The van der Waals surface area contributed by atoms with Crippen molar-refractivity contribution in [1.29, 1.82) is 0 Å². The molecule has 1 heterocycles. The molecule has 6 heteroatoms. The molecule has 0 saturated carbocycles. The third-order valence-electron chi connectivity index (χ3n) is 4.17. The summed E-state index contributed by atoms with van der Waals surface area (Å²) in [4.78, 5) is 23.4. The van der Waals surface area contributed by atoms with Crippen LogP contribution in [0.4, 0.5) is 5.69 Å². The zero-order valence-electron chi connectivity index (χ0n) is 13.5. The highest BCUT2D eigenvalue weighted by molar-refractivity contribution is 5.92. The van der Waals surface area contributed by atoms with Gasteiger partial charge in [-0.3, -0.25) is 9.59 Å². The minimum absolute atomic E-state index is 0.0188. The Hall–Kier alpha value is -1.92. The van der Waals surface area contributed by atoms with Crippen LogP contribution < -0.4 is 10.6 Å². The van der Waals surface area contributed by atoms with Crippen LogP contribution in [-0.4, -0.2) is 36.2 Å². The fourth-order valence-electron chi connectivity index (χ4n) is 2.74. The van der Waals surface area contributed by atoms with Crippen molar-refractivity contribution in [1.82, 2.24) is 5.32 Å². The maximum atomic E-state index is 12.1. The Morgan fingerprint density at radius 2 is 2.00 bits per heavy atom. The Morgan fingerprint density at radius 1 is 1.35 bits per heavy atom. The van der Waals surface area contributed by atoms with Gasteiger partial charge in [-0.15, -0.1) is 0 Å². The number of nitrogens with one attached hydrogen (secondary N) is 2. The average molecular weight is 320 g/mol. The quantitative estimate of drug-likeness (QED) is 0.743. The summed E-state index contributed by atoms with van der Waals surface area (Å²) in [6, 6.07) is 6.84. The number of carbonyl (C=O) groups excluding carboxylic acids is 2. The molecule has 3 N–H and O–H groups in total. The lowest BCUT2D eigenvalue weighted by Crippen LogP contribution is -2.49. The lowest BCUT2D eigenvalue weighted by atomic mass is 10.00. The van der Waals surface area contributed by atoms with Crippen molar-refractivity contribution in [2.45, 2.75) is 38.8 Å². The van der Waals surface area contributed by atoms with E-state index in [1.54, 1.807) is 0 Å². The lowest BCUT2D eigenvalue weighted by molar-refractivity contribution is -0.138. The van der Waals surface area contributed by atoms with Gasteiger partial charge in [-0.2, -0.15) is 0 Å². The molecular formula is C17H24N2O4. The molecular weight excluding hydrogens is 296 g/mol. The van der Waals surface area contributed by atoms with Crippen molar-refractivity contribution in [3.05, 3.63) is 29.8 Å². The van der Waals surface area contributed by atoms with Crippen LogP contribution in [0.25, 0.3) is 0 Å². The summed E-state index contributed by atoms with van der Waals surface area (Å²) in [5.74, 6) is -0.183. The summed E-state index contributed by atoms with van der Waals surface area (Å²) in [6.45, 7) is 3.79. The zero-order valence-corrected chi connectivity index (χ0v) is 13.5. The van der Waals surface area contributed by atoms with E-state index >= 15 is 0 Å². The first-order valence-corrected chi connectivity index (χ1v) is 8.01. The van der Waals surface area contributed by atoms with Crippen LogP contribution in [0, 0.1) is 5.92 Å². The molecule has 0 radical (unpaired) electrons. The van der Waals surface area contributed by atoms with E-state index in [2.05, 4.69) is 10.6 Å². The molecule has 1 aliphatic rings. The van der Waals surface area contributed by atoms with Crippen LogP contribution >= 0.6 is 0 Å². The summed E-state index contributed by atoms with van der Waals surface area (Å²) < 4.78 is 5.51. The highest BCUT2D eigenvalue weighted by Crippen LogP contribution is 2.25. The zero-order chi connectivity index (χ0) is 16.8.